The molecule has 0 amide bonds. The summed E-state index contributed by atoms with van der Waals surface area (Å²) in [6.07, 6.45) is 0.156. The van der Waals surface area contributed by atoms with E-state index in [1.165, 1.54) is 4.88 Å². The van der Waals surface area contributed by atoms with Gasteiger partial charge in [0.25, 0.3) is 0 Å². The van der Waals surface area contributed by atoms with Crippen molar-refractivity contribution < 1.29 is 9.47 Å². The third kappa shape index (κ3) is 4.09. The Morgan fingerprint density at radius 2 is 2.36 bits per heavy atom. The molecule has 0 radical (unpaired) electrons. The van der Waals surface area contributed by atoms with E-state index in [1.807, 2.05) is 19.9 Å². The van der Waals surface area contributed by atoms with Crippen LogP contribution in [0.2, 0.25) is 0 Å². The Kier molecular flexibility index (Phi) is 5.70. The lowest BCUT2D eigenvalue weighted by molar-refractivity contribution is -0.0109. The van der Waals surface area contributed by atoms with Crippen molar-refractivity contribution in [2.75, 3.05) is 13.2 Å². The van der Waals surface area contributed by atoms with Crippen LogP contribution < -0.4 is 0 Å². The monoisotopic (exact) mass is 278 g/mol. The molecule has 14 heavy (non-hydrogen) atoms. The van der Waals surface area contributed by atoms with E-state index in [0.29, 0.717) is 13.2 Å². The third-order valence-electron chi connectivity index (χ3n) is 1.75. The lowest BCUT2D eigenvalue weighted by atomic mass is 10.4. The maximum absolute atomic E-state index is 5.62. The van der Waals surface area contributed by atoms with Crippen LogP contribution in [0, 0.1) is 0 Å². The summed E-state index contributed by atoms with van der Waals surface area (Å²) in [6, 6.07) is 2.04. The van der Waals surface area contributed by atoms with E-state index in [0.717, 1.165) is 11.1 Å². The topological polar surface area (TPSA) is 18.5 Å². The minimum atomic E-state index is 0.156. The Hall–Kier alpha value is 0.100. The largest absolute Gasteiger partial charge is 0.379 e. The van der Waals surface area contributed by atoms with Crippen LogP contribution >= 0.6 is 27.3 Å². The second-order valence-electron chi connectivity index (χ2n) is 2.97. The van der Waals surface area contributed by atoms with Crippen molar-refractivity contribution in [3.63, 3.8) is 0 Å². The first-order valence-corrected chi connectivity index (χ1v) is 6.32. The van der Waals surface area contributed by atoms with Gasteiger partial charge in [-0.3, -0.25) is 0 Å². The molecule has 2 nitrogen and oxygen atoms in total. The summed E-state index contributed by atoms with van der Waals surface area (Å²) in [4.78, 5) is 1.23. The zero-order valence-electron chi connectivity index (χ0n) is 8.46. The summed E-state index contributed by atoms with van der Waals surface area (Å²) < 4.78 is 12.0. The van der Waals surface area contributed by atoms with Gasteiger partial charge < -0.3 is 9.47 Å². The van der Waals surface area contributed by atoms with Crippen LogP contribution in [0.3, 0.4) is 0 Å². The second kappa shape index (κ2) is 6.56. The van der Waals surface area contributed by atoms with Crippen LogP contribution in [0.15, 0.2) is 15.9 Å². The average molecular weight is 279 g/mol. The molecule has 0 saturated heterocycles. The van der Waals surface area contributed by atoms with E-state index in [4.69, 9.17) is 9.47 Å². The normalized spacial score (nSPS) is 13.1. The molecule has 1 atom stereocenters. The summed E-state index contributed by atoms with van der Waals surface area (Å²) >= 11 is 5.17. The van der Waals surface area contributed by atoms with Gasteiger partial charge in [0.15, 0.2) is 0 Å². The fourth-order valence-corrected chi connectivity index (χ4v) is 2.37. The Balaban J connectivity index is 2.23. The number of thiophene rings is 1. The molecule has 1 aromatic heterocycles. The van der Waals surface area contributed by atoms with Crippen molar-refractivity contribution >= 4 is 27.3 Å². The molecule has 0 aliphatic heterocycles. The highest BCUT2D eigenvalue weighted by molar-refractivity contribution is 9.10. The van der Waals surface area contributed by atoms with Gasteiger partial charge in [0, 0.05) is 16.0 Å². The minimum absolute atomic E-state index is 0.156. The summed E-state index contributed by atoms with van der Waals surface area (Å²) in [5.41, 5.74) is 0. The molecule has 0 N–H and O–H groups in total. The molecular formula is C10H15BrO2S. The van der Waals surface area contributed by atoms with E-state index in [-0.39, 0.29) is 6.10 Å². The van der Waals surface area contributed by atoms with Crippen molar-refractivity contribution in [2.45, 2.75) is 26.6 Å². The van der Waals surface area contributed by atoms with E-state index in [1.54, 1.807) is 11.3 Å². The van der Waals surface area contributed by atoms with Crippen LogP contribution in [0.1, 0.15) is 18.7 Å². The molecular weight excluding hydrogens is 264 g/mol. The lowest BCUT2D eigenvalue weighted by Crippen LogP contribution is -2.15. The van der Waals surface area contributed by atoms with Crippen molar-refractivity contribution in [2.24, 2.45) is 0 Å². The van der Waals surface area contributed by atoms with Gasteiger partial charge in [-0.25, -0.2) is 0 Å². The smallest absolute Gasteiger partial charge is 0.0825 e. The SMILES string of the molecule is CCOCC(C)OCc1sccc1Br. The van der Waals surface area contributed by atoms with Crippen LogP contribution in [0.4, 0.5) is 0 Å². The molecule has 1 aromatic rings. The molecule has 80 valence electrons. The van der Waals surface area contributed by atoms with Gasteiger partial charge in [-0.05, 0) is 41.2 Å². The standard InChI is InChI=1S/C10H15BrO2S/c1-3-12-6-8(2)13-7-10-9(11)4-5-14-10/h4-5,8H,3,6-7H2,1-2H3. The summed E-state index contributed by atoms with van der Waals surface area (Å²) in [7, 11) is 0. The van der Waals surface area contributed by atoms with Gasteiger partial charge >= 0.3 is 0 Å². The quantitative estimate of drug-likeness (QED) is 0.794. The number of hydrogen-bond donors (Lipinski definition) is 0. The maximum Gasteiger partial charge on any atom is 0.0825 e. The molecule has 1 unspecified atom stereocenters. The molecule has 1 rings (SSSR count). The van der Waals surface area contributed by atoms with Gasteiger partial charge in [-0.1, -0.05) is 0 Å². The number of halogens is 1. The van der Waals surface area contributed by atoms with Crippen molar-refractivity contribution in [1.29, 1.82) is 0 Å². The number of hydrogen-bond acceptors (Lipinski definition) is 3. The van der Waals surface area contributed by atoms with Gasteiger partial charge in [-0.15, -0.1) is 11.3 Å². The Morgan fingerprint density at radius 3 is 2.93 bits per heavy atom. The third-order valence-corrected chi connectivity index (χ3v) is 3.65. The molecule has 0 aromatic carbocycles. The molecule has 1 heterocycles. The van der Waals surface area contributed by atoms with Gasteiger partial charge in [0.2, 0.25) is 0 Å². The molecule has 4 heteroatoms. The summed E-state index contributed by atoms with van der Waals surface area (Å²) in [6.45, 7) is 6.09. The van der Waals surface area contributed by atoms with Crippen LogP contribution in [0.25, 0.3) is 0 Å². The van der Waals surface area contributed by atoms with Gasteiger partial charge in [-0.2, -0.15) is 0 Å². The first-order chi connectivity index (χ1) is 6.74. The zero-order valence-corrected chi connectivity index (χ0v) is 10.9. The fourth-order valence-electron chi connectivity index (χ4n) is 0.978. The summed E-state index contributed by atoms with van der Waals surface area (Å²) in [5, 5.41) is 2.05. The van der Waals surface area contributed by atoms with Crippen LogP contribution in [-0.2, 0) is 16.1 Å². The first-order valence-electron chi connectivity index (χ1n) is 4.65. The molecule has 0 saturated carbocycles. The second-order valence-corrected chi connectivity index (χ2v) is 4.83. The van der Waals surface area contributed by atoms with Crippen molar-refractivity contribution in [1.82, 2.24) is 0 Å². The van der Waals surface area contributed by atoms with Crippen LogP contribution in [-0.4, -0.2) is 19.3 Å². The molecule has 0 fully saturated rings. The number of ether oxygens (including phenoxy) is 2. The lowest BCUT2D eigenvalue weighted by Gasteiger charge is -2.12. The van der Waals surface area contributed by atoms with E-state index < -0.39 is 0 Å². The van der Waals surface area contributed by atoms with E-state index >= 15 is 0 Å². The van der Waals surface area contributed by atoms with Crippen molar-refractivity contribution in [3.05, 3.63) is 20.8 Å². The van der Waals surface area contributed by atoms with Gasteiger partial charge in [0.05, 0.1) is 19.3 Å². The number of rotatable bonds is 6. The van der Waals surface area contributed by atoms with Crippen LogP contribution in [0.5, 0.6) is 0 Å². The van der Waals surface area contributed by atoms with E-state index in [9.17, 15) is 0 Å². The highest BCUT2D eigenvalue weighted by atomic mass is 79.9. The molecule has 0 spiro atoms. The predicted molar refractivity (Wildman–Crippen MR) is 62.8 cm³/mol. The molecule has 0 aliphatic carbocycles. The van der Waals surface area contributed by atoms with Crippen molar-refractivity contribution in [3.8, 4) is 0 Å². The molecule has 0 bridgehead atoms. The Bertz CT molecular complexity index is 262. The maximum atomic E-state index is 5.62. The fraction of sp³-hybridized carbons (Fsp3) is 0.600. The summed E-state index contributed by atoms with van der Waals surface area (Å²) in [5.74, 6) is 0. The Labute approximate surface area is 97.4 Å². The highest BCUT2D eigenvalue weighted by Gasteiger charge is 2.05. The average Bonchev–Trinajstić information content (AvgIpc) is 2.58. The highest BCUT2D eigenvalue weighted by Crippen LogP contribution is 2.23. The predicted octanol–water partition coefficient (Wildman–Crippen LogP) is 3.45. The Morgan fingerprint density at radius 1 is 1.57 bits per heavy atom. The zero-order chi connectivity index (χ0) is 10.4. The van der Waals surface area contributed by atoms with E-state index in [2.05, 4.69) is 21.3 Å². The first kappa shape index (κ1) is 12.2. The minimum Gasteiger partial charge on any atom is -0.379 e. The molecule has 0 aliphatic rings. The van der Waals surface area contributed by atoms with Gasteiger partial charge in [0.1, 0.15) is 0 Å².